The highest BCUT2D eigenvalue weighted by Gasteiger charge is 2.23. The molecule has 0 aromatic heterocycles. The summed E-state index contributed by atoms with van der Waals surface area (Å²) in [4.78, 5) is 12.3. The Morgan fingerprint density at radius 2 is 1.86 bits per heavy atom. The number of nitrogens with one attached hydrogen (secondary N) is 1. The lowest BCUT2D eigenvalue weighted by Crippen LogP contribution is -2.03. The van der Waals surface area contributed by atoms with Gasteiger partial charge in [0.2, 0.25) is 0 Å². The SMILES string of the molecule is COc1cc(/C=C2\C(=O)Nc3ccccc32)cc(Cl)c1OCc1ccc(F)cc1. The summed E-state index contributed by atoms with van der Waals surface area (Å²) in [5.74, 6) is 0.354. The standard InChI is InChI=1S/C23H17ClFNO3/c1-28-21-12-15(10-18-17-4-2-3-5-20(17)26-23(18)27)11-19(24)22(21)29-13-14-6-8-16(25)9-7-14/h2-12H,13H2,1H3,(H,26,27)/b18-10-. The molecule has 29 heavy (non-hydrogen) atoms. The average molecular weight is 410 g/mol. The van der Waals surface area contributed by atoms with Gasteiger partial charge in [-0.3, -0.25) is 4.79 Å². The van der Waals surface area contributed by atoms with Gasteiger partial charge >= 0.3 is 0 Å². The summed E-state index contributed by atoms with van der Waals surface area (Å²) in [6.07, 6.45) is 1.76. The number of amides is 1. The molecule has 3 aromatic carbocycles. The van der Waals surface area contributed by atoms with Crippen molar-refractivity contribution in [2.75, 3.05) is 12.4 Å². The van der Waals surface area contributed by atoms with Crippen molar-refractivity contribution in [3.8, 4) is 11.5 Å². The molecule has 0 saturated heterocycles. The van der Waals surface area contributed by atoms with Crippen LogP contribution in [0.25, 0.3) is 11.6 Å². The van der Waals surface area contributed by atoms with Gasteiger partial charge in [0.05, 0.1) is 12.1 Å². The molecule has 1 aliphatic heterocycles. The summed E-state index contributed by atoms with van der Waals surface area (Å²) >= 11 is 6.43. The Hall–Kier alpha value is -3.31. The molecular weight excluding hydrogens is 393 g/mol. The van der Waals surface area contributed by atoms with E-state index in [2.05, 4.69) is 5.32 Å². The maximum Gasteiger partial charge on any atom is 0.256 e. The number of anilines is 1. The summed E-state index contributed by atoms with van der Waals surface area (Å²) < 4.78 is 24.3. The number of ether oxygens (including phenoxy) is 2. The van der Waals surface area contributed by atoms with Crippen LogP contribution in [0.3, 0.4) is 0 Å². The van der Waals surface area contributed by atoms with Gasteiger partial charge in [-0.2, -0.15) is 0 Å². The van der Waals surface area contributed by atoms with Gasteiger partial charge in [0.25, 0.3) is 5.91 Å². The van der Waals surface area contributed by atoms with E-state index in [-0.39, 0.29) is 18.3 Å². The van der Waals surface area contributed by atoms with Gasteiger partial charge in [-0.1, -0.05) is 41.9 Å². The number of hydrogen-bond donors (Lipinski definition) is 1. The van der Waals surface area contributed by atoms with Crippen molar-refractivity contribution in [1.29, 1.82) is 0 Å². The number of fused-ring (bicyclic) bond motifs is 1. The molecule has 1 amide bonds. The molecule has 1 N–H and O–H groups in total. The Morgan fingerprint density at radius 1 is 1.10 bits per heavy atom. The third kappa shape index (κ3) is 3.96. The predicted octanol–water partition coefficient (Wildman–Crippen LogP) is 5.56. The quantitative estimate of drug-likeness (QED) is 0.561. The minimum absolute atomic E-state index is 0.169. The van der Waals surface area contributed by atoms with Gasteiger partial charge in [-0.15, -0.1) is 0 Å². The van der Waals surface area contributed by atoms with Gasteiger partial charge in [0, 0.05) is 16.8 Å². The zero-order valence-corrected chi connectivity index (χ0v) is 16.3. The molecule has 0 radical (unpaired) electrons. The van der Waals surface area contributed by atoms with Crippen molar-refractivity contribution in [1.82, 2.24) is 0 Å². The minimum Gasteiger partial charge on any atom is -0.493 e. The normalized spacial score (nSPS) is 13.9. The van der Waals surface area contributed by atoms with Crippen LogP contribution in [0.2, 0.25) is 5.02 Å². The number of carbonyl (C=O) groups is 1. The highest BCUT2D eigenvalue weighted by Crippen LogP contribution is 2.39. The van der Waals surface area contributed by atoms with E-state index >= 15 is 0 Å². The van der Waals surface area contributed by atoms with E-state index in [1.807, 2.05) is 24.3 Å². The number of para-hydroxylation sites is 1. The first-order chi connectivity index (χ1) is 14.0. The predicted molar refractivity (Wildman–Crippen MR) is 112 cm³/mol. The maximum atomic E-state index is 13.0. The van der Waals surface area contributed by atoms with Crippen LogP contribution in [0.4, 0.5) is 10.1 Å². The molecule has 0 unspecified atom stereocenters. The number of rotatable bonds is 5. The zero-order chi connectivity index (χ0) is 20.4. The van der Waals surface area contributed by atoms with Gasteiger partial charge in [0.1, 0.15) is 12.4 Å². The van der Waals surface area contributed by atoms with Gasteiger partial charge in [0.15, 0.2) is 11.5 Å². The first-order valence-electron chi connectivity index (χ1n) is 8.92. The Labute approximate surface area is 172 Å². The minimum atomic E-state index is -0.306. The molecule has 0 atom stereocenters. The van der Waals surface area contributed by atoms with E-state index in [1.165, 1.54) is 19.2 Å². The Balaban J connectivity index is 1.63. The fourth-order valence-electron chi connectivity index (χ4n) is 3.15. The fourth-order valence-corrected chi connectivity index (χ4v) is 3.42. The second-order valence-corrected chi connectivity index (χ2v) is 6.91. The highest BCUT2D eigenvalue weighted by atomic mass is 35.5. The molecule has 4 nitrogen and oxygen atoms in total. The van der Waals surface area contributed by atoms with Crippen molar-refractivity contribution in [3.05, 3.63) is 88.2 Å². The van der Waals surface area contributed by atoms with Crippen LogP contribution in [0.15, 0.2) is 60.7 Å². The van der Waals surface area contributed by atoms with Crippen LogP contribution >= 0.6 is 11.6 Å². The van der Waals surface area contributed by atoms with Gasteiger partial charge < -0.3 is 14.8 Å². The van der Waals surface area contributed by atoms with Gasteiger partial charge in [-0.25, -0.2) is 4.39 Å². The number of hydrogen-bond acceptors (Lipinski definition) is 3. The molecule has 0 spiro atoms. The van der Waals surface area contributed by atoms with Gasteiger partial charge in [-0.05, 0) is 47.5 Å². The first-order valence-corrected chi connectivity index (χ1v) is 9.30. The maximum absolute atomic E-state index is 13.0. The second kappa shape index (κ2) is 7.97. The van der Waals surface area contributed by atoms with E-state index in [9.17, 15) is 9.18 Å². The number of benzene rings is 3. The van der Waals surface area contributed by atoms with E-state index in [1.54, 1.807) is 30.3 Å². The third-order valence-electron chi connectivity index (χ3n) is 4.57. The summed E-state index contributed by atoms with van der Waals surface area (Å²) in [6, 6.07) is 17.0. The second-order valence-electron chi connectivity index (χ2n) is 6.51. The molecular formula is C23H17ClFNO3. The Morgan fingerprint density at radius 3 is 2.62 bits per heavy atom. The van der Waals surface area contributed by atoms with Crippen molar-refractivity contribution >= 4 is 34.8 Å². The lowest BCUT2D eigenvalue weighted by molar-refractivity contribution is -0.110. The number of carbonyl (C=O) groups excluding carboxylic acids is 1. The molecule has 6 heteroatoms. The van der Waals surface area contributed by atoms with Crippen molar-refractivity contribution in [2.24, 2.45) is 0 Å². The molecule has 1 aliphatic rings. The molecule has 0 fully saturated rings. The molecule has 0 aliphatic carbocycles. The smallest absolute Gasteiger partial charge is 0.256 e. The van der Waals surface area contributed by atoms with E-state index < -0.39 is 0 Å². The zero-order valence-electron chi connectivity index (χ0n) is 15.5. The Bertz CT molecular complexity index is 1110. The third-order valence-corrected chi connectivity index (χ3v) is 4.85. The van der Waals surface area contributed by atoms with Crippen LogP contribution in [0, 0.1) is 5.82 Å². The van der Waals surface area contributed by atoms with E-state index in [0.29, 0.717) is 27.7 Å². The van der Waals surface area contributed by atoms with Crippen molar-refractivity contribution in [2.45, 2.75) is 6.61 Å². The van der Waals surface area contributed by atoms with Crippen LogP contribution in [-0.2, 0) is 11.4 Å². The first kappa shape index (κ1) is 19.0. The monoisotopic (exact) mass is 409 g/mol. The van der Waals surface area contributed by atoms with E-state index in [0.717, 1.165) is 16.8 Å². The van der Waals surface area contributed by atoms with Crippen LogP contribution in [-0.4, -0.2) is 13.0 Å². The summed E-state index contributed by atoms with van der Waals surface area (Å²) in [7, 11) is 1.52. The van der Waals surface area contributed by atoms with Crippen LogP contribution < -0.4 is 14.8 Å². The number of methoxy groups -OCH3 is 1. The van der Waals surface area contributed by atoms with Crippen LogP contribution in [0.1, 0.15) is 16.7 Å². The highest BCUT2D eigenvalue weighted by molar-refractivity contribution is 6.35. The average Bonchev–Trinajstić information content (AvgIpc) is 3.03. The lowest BCUT2D eigenvalue weighted by Gasteiger charge is -2.13. The topological polar surface area (TPSA) is 47.6 Å². The fraction of sp³-hybridized carbons (Fsp3) is 0.0870. The summed E-state index contributed by atoms with van der Waals surface area (Å²) in [5.41, 5.74) is 3.68. The summed E-state index contributed by atoms with van der Waals surface area (Å²) in [6.45, 7) is 0.215. The molecule has 0 saturated carbocycles. The van der Waals surface area contributed by atoms with Crippen LogP contribution in [0.5, 0.6) is 11.5 Å². The Kier molecular flexibility index (Phi) is 5.23. The molecule has 4 rings (SSSR count). The molecule has 1 heterocycles. The molecule has 146 valence electrons. The molecule has 0 bridgehead atoms. The number of halogens is 2. The largest absolute Gasteiger partial charge is 0.493 e. The van der Waals surface area contributed by atoms with Crippen molar-refractivity contribution < 1.29 is 18.7 Å². The van der Waals surface area contributed by atoms with Crippen molar-refractivity contribution in [3.63, 3.8) is 0 Å². The summed E-state index contributed by atoms with van der Waals surface area (Å²) in [5, 5.41) is 3.19. The lowest BCUT2D eigenvalue weighted by atomic mass is 10.0. The van der Waals surface area contributed by atoms with E-state index in [4.69, 9.17) is 21.1 Å². The molecule has 3 aromatic rings.